The van der Waals surface area contributed by atoms with Gasteiger partial charge in [0.05, 0.1) is 0 Å². The minimum atomic E-state index is -0.0111. The van der Waals surface area contributed by atoms with E-state index in [9.17, 15) is 4.79 Å². The molecule has 2 bridgehead atoms. The molecule has 0 spiro atoms. The molecule has 0 saturated carbocycles. The van der Waals surface area contributed by atoms with Crippen molar-refractivity contribution in [3.05, 3.63) is 35.3 Å². The van der Waals surface area contributed by atoms with Gasteiger partial charge in [0.1, 0.15) is 11.3 Å². The third-order valence-corrected chi connectivity index (χ3v) is 5.70. The largest absolute Gasteiger partial charge is 0.430 e. The molecule has 2 unspecified atom stereocenters. The summed E-state index contributed by atoms with van der Waals surface area (Å²) in [4.78, 5) is 15.0. The van der Waals surface area contributed by atoms with Crippen LogP contribution in [0.5, 0.6) is 10.9 Å². The molecule has 1 amide bonds. The van der Waals surface area contributed by atoms with Crippen LogP contribution in [0.4, 0.5) is 0 Å². The molecule has 1 aromatic heterocycles. The Labute approximate surface area is 144 Å². The Balaban J connectivity index is 1.41. The summed E-state index contributed by atoms with van der Waals surface area (Å²) in [5, 5.41) is 11.3. The molecule has 3 aliphatic heterocycles. The van der Waals surface area contributed by atoms with Gasteiger partial charge >= 0.3 is 0 Å². The molecule has 1 aromatic carbocycles. The second-order valence-electron chi connectivity index (χ2n) is 6.44. The number of hydrogen-bond acceptors (Lipinski definition) is 6. The number of amides is 1. The van der Waals surface area contributed by atoms with Gasteiger partial charge in [-0.05, 0) is 63.0 Å². The Kier molecular flexibility index (Phi) is 4.20. The number of carbonyl (C=O) groups excluding carboxylic acids is 1. The van der Waals surface area contributed by atoms with Crippen molar-refractivity contribution in [1.82, 2.24) is 20.4 Å². The summed E-state index contributed by atoms with van der Waals surface area (Å²) >= 11 is 1.33. The van der Waals surface area contributed by atoms with Crippen molar-refractivity contribution in [2.24, 2.45) is 5.92 Å². The topological polar surface area (TPSA) is 67.3 Å². The number of nitrogens with zero attached hydrogens (tertiary/aromatic N) is 3. The van der Waals surface area contributed by atoms with Crippen molar-refractivity contribution in [3.63, 3.8) is 0 Å². The second-order valence-corrected chi connectivity index (χ2v) is 7.24. The maximum Gasteiger partial charge on any atom is 0.299 e. The fraction of sp³-hybridized carbons (Fsp3) is 0.471. The van der Waals surface area contributed by atoms with E-state index in [-0.39, 0.29) is 11.9 Å². The molecule has 7 heteroatoms. The van der Waals surface area contributed by atoms with Crippen LogP contribution in [-0.2, 0) is 0 Å². The van der Waals surface area contributed by atoms with Crippen LogP contribution >= 0.6 is 11.3 Å². The lowest BCUT2D eigenvalue weighted by atomic mass is 9.79. The normalized spacial score (nSPS) is 28.5. The second kappa shape index (κ2) is 6.49. The van der Waals surface area contributed by atoms with E-state index in [1.807, 2.05) is 0 Å². The molecule has 0 radical (unpaired) electrons. The average molecular weight is 344 g/mol. The number of hydrogen-bond donors (Lipinski definition) is 1. The first kappa shape index (κ1) is 15.5. The van der Waals surface area contributed by atoms with E-state index in [4.69, 9.17) is 4.74 Å². The summed E-state index contributed by atoms with van der Waals surface area (Å²) in [6, 6.07) is 7.82. The number of aromatic nitrogens is 2. The van der Waals surface area contributed by atoms with Crippen LogP contribution in [0.2, 0.25) is 0 Å². The van der Waals surface area contributed by atoms with Crippen LogP contribution in [0.25, 0.3) is 0 Å². The molecule has 5 rings (SSSR count). The van der Waals surface area contributed by atoms with E-state index in [0.29, 0.717) is 28.5 Å². The molecule has 1 N–H and O–H groups in total. The Morgan fingerprint density at radius 3 is 2.67 bits per heavy atom. The number of piperidine rings is 3. The molecular formula is C17H20N4O2S. The zero-order chi connectivity index (χ0) is 16.5. The van der Waals surface area contributed by atoms with Crippen molar-refractivity contribution < 1.29 is 9.53 Å². The number of carbonyl (C=O) groups is 1. The summed E-state index contributed by atoms with van der Waals surface area (Å²) in [5.74, 6) is 1.25. The quantitative estimate of drug-likeness (QED) is 0.923. The molecule has 2 aromatic rings. The van der Waals surface area contributed by atoms with Crippen molar-refractivity contribution in [1.29, 1.82) is 0 Å². The molecule has 6 nitrogen and oxygen atoms in total. The van der Waals surface area contributed by atoms with E-state index in [1.54, 1.807) is 29.8 Å². The predicted octanol–water partition coefficient (Wildman–Crippen LogP) is 2.54. The first-order chi connectivity index (χ1) is 11.7. The van der Waals surface area contributed by atoms with Crippen LogP contribution in [0, 0.1) is 5.92 Å². The van der Waals surface area contributed by atoms with Gasteiger partial charge < -0.3 is 10.1 Å². The van der Waals surface area contributed by atoms with E-state index < -0.39 is 0 Å². The fourth-order valence-corrected chi connectivity index (χ4v) is 4.19. The minimum Gasteiger partial charge on any atom is -0.430 e. The van der Waals surface area contributed by atoms with Gasteiger partial charge in [-0.25, -0.2) is 0 Å². The highest BCUT2D eigenvalue weighted by Crippen LogP contribution is 2.32. The molecule has 0 aliphatic carbocycles. The smallest absolute Gasteiger partial charge is 0.299 e. The summed E-state index contributed by atoms with van der Waals surface area (Å²) in [6.45, 7) is 4.54. The predicted molar refractivity (Wildman–Crippen MR) is 91.4 cm³/mol. The van der Waals surface area contributed by atoms with Gasteiger partial charge in [-0.2, -0.15) is 0 Å². The van der Waals surface area contributed by atoms with Gasteiger partial charge in [-0.15, -0.1) is 5.10 Å². The van der Waals surface area contributed by atoms with Crippen molar-refractivity contribution in [2.45, 2.75) is 31.8 Å². The van der Waals surface area contributed by atoms with Crippen molar-refractivity contribution >= 4 is 17.2 Å². The zero-order valence-electron chi connectivity index (χ0n) is 13.5. The van der Waals surface area contributed by atoms with Crippen LogP contribution in [0.1, 0.15) is 30.1 Å². The fourth-order valence-electron chi connectivity index (χ4n) is 3.76. The highest BCUT2D eigenvalue weighted by atomic mass is 32.1. The Morgan fingerprint density at radius 1 is 1.29 bits per heavy atom. The van der Waals surface area contributed by atoms with Crippen LogP contribution < -0.4 is 10.1 Å². The standard InChI is InChI=1S/C17H20N4O2S/c1-11-15(12-6-8-21(11)9-7-12)19-16(22)13-2-4-14(5-3-13)23-17-20-18-10-24-17/h2-5,10-12,15H,6-9H2,1H3,(H,19,22). The SMILES string of the molecule is CC1C(NC(=O)c2ccc(Oc3nncs3)cc2)C2CCN1CC2. The maximum atomic E-state index is 12.6. The van der Waals surface area contributed by atoms with Gasteiger partial charge in [0, 0.05) is 17.6 Å². The zero-order valence-corrected chi connectivity index (χ0v) is 14.3. The first-order valence-corrected chi connectivity index (χ1v) is 9.17. The number of benzene rings is 1. The molecule has 4 heterocycles. The van der Waals surface area contributed by atoms with Crippen LogP contribution in [0.15, 0.2) is 29.8 Å². The molecule has 3 aliphatic rings. The number of fused-ring (bicyclic) bond motifs is 3. The number of rotatable bonds is 4. The lowest BCUT2D eigenvalue weighted by Gasteiger charge is -2.49. The van der Waals surface area contributed by atoms with Gasteiger partial charge in [-0.3, -0.25) is 9.69 Å². The van der Waals surface area contributed by atoms with Crippen molar-refractivity contribution in [2.75, 3.05) is 13.1 Å². The monoisotopic (exact) mass is 344 g/mol. The van der Waals surface area contributed by atoms with Gasteiger partial charge in [0.2, 0.25) is 0 Å². The van der Waals surface area contributed by atoms with E-state index >= 15 is 0 Å². The van der Waals surface area contributed by atoms with Gasteiger partial charge in [-0.1, -0.05) is 16.4 Å². The molecule has 126 valence electrons. The Morgan fingerprint density at radius 2 is 2.04 bits per heavy atom. The highest BCUT2D eigenvalue weighted by Gasteiger charge is 2.40. The number of nitrogens with one attached hydrogen (secondary N) is 1. The lowest BCUT2D eigenvalue weighted by Crippen LogP contribution is -2.62. The van der Waals surface area contributed by atoms with E-state index in [1.165, 1.54) is 24.2 Å². The third-order valence-electron chi connectivity index (χ3n) is 5.14. The minimum absolute atomic E-state index is 0.0111. The van der Waals surface area contributed by atoms with E-state index in [0.717, 1.165) is 13.1 Å². The number of ether oxygens (including phenoxy) is 1. The van der Waals surface area contributed by atoms with Gasteiger partial charge in [0.25, 0.3) is 11.1 Å². The first-order valence-electron chi connectivity index (χ1n) is 8.30. The van der Waals surface area contributed by atoms with Crippen LogP contribution in [-0.4, -0.2) is 46.2 Å². The molecule has 24 heavy (non-hydrogen) atoms. The summed E-state index contributed by atoms with van der Waals surface area (Å²) in [5.41, 5.74) is 2.27. The van der Waals surface area contributed by atoms with Crippen molar-refractivity contribution in [3.8, 4) is 10.9 Å². The highest BCUT2D eigenvalue weighted by molar-refractivity contribution is 7.11. The van der Waals surface area contributed by atoms with Crippen LogP contribution in [0.3, 0.4) is 0 Å². The Bertz CT molecular complexity index is 694. The van der Waals surface area contributed by atoms with E-state index in [2.05, 4.69) is 27.3 Å². The molecule has 3 saturated heterocycles. The average Bonchev–Trinajstić information content (AvgIpc) is 3.12. The maximum absolute atomic E-state index is 12.6. The summed E-state index contributed by atoms with van der Waals surface area (Å²) < 4.78 is 5.57. The van der Waals surface area contributed by atoms with Gasteiger partial charge in [0.15, 0.2) is 0 Å². The molecular weight excluding hydrogens is 324 g/mol. The molecule has 3 fully saturated rings. The molecule has 2 atom stereocenters. The lowest BCUT2D eigenvalue weighted by molar-refractivity contribution is 0.0217. The summed E-state index contributed by atoms with van der Waals surface area (Å²) in [6.07, 6.45) is 2.37. The summed E-state index contributed by atoms with van der Waals surface area (Å²) in [7, 11) is 0. The Hall–Kier alpha value is -1.99. The third kappa shape index (κ3) is 3.01.